The zero-order valence-corrected chi connectivity index (χ0v) is 13.2. The lowest BCUT2D eigenvalue weighted by atomic mass is 10.00. The minimum atomic E-state index is 0.377. The number of aromatic nitrogens is 1. The molecule has 0 radical (unpaired) electrons. The van der Waals surface area contributed by atoms with Crippen molar-refractivity contribution in [1.82, 2.24) is 15.2 Å². The maximum atomic E-state index is 6.50. The second-order valence-corrected chi connectivity index (χ2v) is 6.01. The van der Waals surface area contributed by atoms with Crippen LogP contribution in [0.15, 0.2) is 30.3 Å². The summed E-state index contributed by atoms with van der Waals surface area (Å²) in [5.74, 6) is 0. The lowest BCUT2D eigenvalue weighted by Gasteiger charge is -2.35. The fourth-order valence-corrected chi connectivity index (χ4v) is 3.42. The molecule has 4 heteroatoms. The van der Waals surface area contributed by atoms with Gasteiger partial charge in [-0.25, -0.2) is 4.98 Å². The van der Waals surface area contributed by atoms with E-state index in [2.05, 4.69) is 40.3 Å². The standard InChI is InChI=1S/C17H22ClN3/c1-2-5-16(21-10-8-19-9-11-21)14-12-13-6-3-4-7-15(13)20-17(14)18/h3-4,6-7,12,16,19H,2,5,8-11H2,1H3/t16-/m0/s1. The minimum Gasteiger partial charge on any atom is -0.314 e. The summed E-state index contributed by atoms with van der Waals surface area (Å²) < 4.78 is 0. The van der Waals surface area contributed by atoms with E-state index in [1.54, 1.807) is 0 Å². The van der Waals surface area contributed by atoms with Gasteiger partial charge in [-0.2, -0.15) is 0 Å². The molecule has 3 nitrogen and oxygen atoms in total. The highest BCUT2D eigenvalue weighted by Crippen LogP contribution is 2.32. The van der Waals surface area contributed by atoms with Crippen LogP contribution in [0.1, 0.15) is 31.4 Å². The first kappa shape index (κ1) is 14.8. The van der Waals surface area contributed by atoms with Gasteiger partial charge in [0.05, 0.1) is 5.52 Å². The fraction of sp³-hybridized carbons (Fsp3) is 0.471. The Morgan fingerprint density at radius 3 is 2.81 bits per heavy atom. The molecule has 1 aromatic carbocycles. The van der Waals surface area contributed by atoms with Crippen molar-refractivity contribution in [2.45, 2.75) is 25.8 Å². The molecule has 112 valence electrons. The first-order valence-corrected chi connectivity index (χ1v) is 8.17. The molecule has 1 saturated heterocycles. The molecule has 0 amide bonds. The summed E-state index contributed by atoms with van der Waals surface area (Å²) in [6, 6.07) is 10.8. The van der Waals surface area contributed by atoms with Crippen molar-refractivity contribution in [2.75, 3.05) is 26.2 Å². The number of benzene rings is 1. The summed E-state index contributed by atoms with van der Waals surface area (Å²) in [7, 11) is 0. The minimum absolute atomic E-state index is 0.377. The second-order valence-electron chi connectivity index (χ2n) is 5.65. The number of hydrogen-bond donors (Lipinski definition) is 1. The molecule has 1 aliphatic heterocycles. The average molecular weight is 304 g/mol. The van der Waals surface area contributed by atoms with Crippen LogP contribution in [0, 0.1) is 0 Å². The van der Waals surface area contributed by atoms with Crippen molar-refractivity contribution in [3.05, 3.63) is 41.0 Å². The monoisotopic (exact) mass is 303 g/mol. The topological polar surface area (TPSA) is 28.2 Å². The molecule has 1 atom stereocenters. The maximum Gasteiger partial charge on any atom is 0.134 e. The third-order valence-electron chi connectivity index (χ3n) is 4.22. The number of piperazine rings is 1. The van der Waals surface area contributed by atoms with Crippen molar-refractivity contribution in [1.29, 1.82) is 0 Å². The summed E-state index contributed by atoms with van der Waals surface area (Å²) >= 11 is 6.50. The lowest BCUT2D eigenvalue weighted by molar-refractivity contribution is 0.164. The molecule has 0 bridgehead atoms. The van der Waals surface area contributed by atoms with Gasteiger partial charge >= 0.3 is 0 Å². The summed E-state index contributed by atoms with van der Waals surface area (Å²) in [6.07, 6.45) is 2.28. The Kier molecular flexibility index (Phi) is 4.73. The van der Waals surface area contributed by atoms with E-state index >= 15 is 0 Å². The number of fused-ring (bicyclic) bond motifs is 1. The van der Waals surface area contributed by atoms with Crippen LogP contribution < -0.4 is 5.32 Å². The molecule has 1 aliphatic rings. The Hall–Kier alpha value is -1.16. The van der Waals surface area contributed by atoms with Gasteiger partial charge in [-0.3, -0.25) is 4.90 Å². The van der Waals surface area contributed by atoms with Gasteiger partial charge in [0.25, 0.3) is 0 Å². The summed E-state index contributed by atoms with van der Waals surface area (Å²) in [4.78, 5) is 7.14. The fourth-order valence-electron chi connectivity index (χ4n) is 3.14. The quantitative estimate of drug-likeness (QED) is 0.874. The summed E-state index contributed by atoms with van der Waals surface area (Å²) in [5, 5.41) is 5.25. The number of nitrogens with zero attached hydrogens (tertiary/aromatic N) is 2. The van der Waals surface area contributed by atoms with Crippen molar-refractivity contribution < 1.29 is 0 Å². The Morgan fingerprint density at radius 2 is 2.05 bits per heavy atom. The molecular weight excluding hydrogens is 282 g/mol. The molecule has 2 aromatic rings. The van der Waals surface area contributed by atoms with Crippen LogP contribution in [0.2, 0.25) is 5.15 Å². The van der Waals surface area contributed by atoms with Crippen molar-refractivity contribution in [2.24, 2.45) is 0 Å². The van der Waals surface area contributed by atoms with Gasteiger partial charge < -0.3 is 5.32 Å². The highest BCUT2D eigenvalue weighted by molar-refractivity contribution is 6.30. The van der Waals surface area contributed by atoms with E-state index in [0.717, 1.165) is 44.5 Å². The molecule has 0 saturated carbocycles. The molecule has 1 N–H and O–H groups in total. The van der Waals surface area contributed by atoms with E-state index in [1.807, 2.05) is 12.1 Å². The predicted octanol–water partition coefficient (Wildman–Crippen LogP) is 3.63. The zero-order valence-electron chi connectivity index (χ0n) is 12.5. The molecule has 3 rings (SSSR count). The van der Waals surface area contributed by atoms with Crippen LogP contribution >= 0.6 is 11.6 Å². The highest BCUT2D eigenvalue weighted by Gasteiger charge is 2.24. The zero-order chi connectivity index (χ0) is 14.7. The predicted molar refractivity (Wildman–Crippen MR) is 88.8 cm³/mol. The van der Waals surface area contributed by atoms with Gasteiger partial charge in [0.1, 0.15) is 5.15 Å². The smallest absolute Gasteiger partial charge is 0.134 e. The van der Waals surface area contributed by atoms with Gasteiger partial charge in [0, 0.05) is 43.2 Å². The van der Waals surface area contributed by atoms with Crippen LogP contribution in [0.3, 0.4) is 0 Å². The van der Waals surface area contributed by atoms with E-state index in [-0.39, 0.29) is 0 Å². The van der Waals surface area contributed by atoms with Crippen LogP contribution in [0.4, 0.5) is 0 Å². The average Bonchev–Trinajstić information content (AvgIpc) is 2.53. The van der Waals surface area contributed by atoms with Gasteiger partial charge in [0.2, 0.25) is 0 Å². The third kappa shape index (κ3) is 3.20. The van der Waals surface area contributed by atoms with E-state index in [0.29, 0.717) is 11.2 Å². The van der Waals surface area contributed by atoms with Crippen molar-refractivity contribution in [3.63, 3.8) is 0 Å². The van der Waals surface area contributed by atoms with Crippen molar-refractivity contribution in [3.8, 4) is 0 Å². The highest BCUT2D eigenvalue weighted by atomic mass is 35.5. The lowest BCUT2D eigenvalue weighted by Crippen LogP contribution is -2.45. The summed E-state index contributed by atoms with van der Waals surface area (Å²) in [6.45, 7) is 6.50. The number of nitrogens with one attached hydrogen (secondary N) is 1. The molecule has 1 aromatic heterocycles. The normalized spacial score (nSPS) is 18.0. The number of para-hydroxylation sites is 1. The maximum absolute atomic E-state index is 6.50. The molecule has 0 spiro atoms. The number of hydrogen-bond acceptors (Lipinski definition) is 3. The molecule has 21 heavy (non-hydrogen) atoms. The van der Waals surface area contributed by atoms with Gasteiger partial charge in [-0.1, -0.05) is 43.1 Å². The van der Waals surface area contributed by atoms with Crippen LogP contribution in [0.25, 0.3) is 10.9 Å². The number of pyridine rings is 1. The van der Waals surface area contributed by atoms with Gasteiger partial charge in [-0.05, 0) is 18.6 Å². The first-order valence-electron chi connectivity index (χ1n) is 7.79. The molecule has 0 aliphatic carbocycles. The Morgan fingerprint density at radius 1 is 1.29 bits per heavy atom. The van der Waals surface area contributed by atoms with E-state index in [1.165, 1.54) is 10.9 Å². The molecular formula is C17H22ClN3. The number of halogens is 1. The first-order chi connectivity index (χ1) is 10.3. The summed E-state index contributed by atoms with van der Waals surface area (Å²) in [5.41, 5.74) is 2.15. The number of rotatable bonds is 4. The largest absolute Gasteiger partial charge is 0.314 e. The SMILES string of the molecule is CCC[C@@H](c1cc2ccccc2nc1Cl)N1CCNCC1. The van der Waals surface area contributed by atoms with Gasteiger partial charge in [-0.15, -0.1) is 0 Å². The van der Waals surface area contributed by atoms with Crippen molar-refractivity contribution >= 4 is 22.5 Å². The van der Waals surface area contributed by atoms with Crippen LogP contribution in [-0.2, 0) is 0 Å². The molecule has 0 unspecified atom stereocenters. The van der Waals surface area contributed by atoms with E-state index in [4.69, 9.17) is 11.6 Å². The van der Waals surface area contributed by atoms with Crippen LogP contribution in [0.5, 0.6) is 0 Å². The molecule has 1 fully saturated rings. The van der Waals surface area contributed by atoms with E-state index < -0.39 is 0 Å². The second kappa shape index (κ2) is 6.73. The van der Waals surface area contributed by atoms with E-state index in [9.17, 15) is 0 Å². The van der Waals surface area contributed by atoms with Gasteiger partial charge in [0.15, 0.2) is 0 Å². The Bertz CT molecular complexity index is 608. The Balaban J connectivity index is 1.99. The Labute approximate surface area is 131 Å². The molecule has 2 heterocycles. The van der Waals surface area contributed by atoms with Crippen LogP contribution in [-0.4, -0.2) is 36.1 Å². The third-order valence-corrected chi connectivity index (χ3v) is 4.52.